The molecule has 0 spiro atoms. The Labute approximate surface area is 231 Å². The maximum Gasteiger partial charge on any atom is 0.333 e. The molecule has 1 heterocycles. The van der Waals surface area contributed by atoms with Crippen molar-refractivity contribution < 1.29 is 19.1 Å². The van der Waals surface area contributed by atoms with E-state index in [9.17, 15) is 9.59 Å². The van der Waals surface area contributed by atoms with Gasteiger partial charge in [-0.25, -0.2) is 9.78 Å². The molecule has 1 aliphatic carbocycles. The van der Waals surface area contributed by atoms with Gasteiger partial charge in [-0.3, -0.25) is 4.79 Å². The van der Waals surface area contributed by atoms with E-state index in [4.69, 9.17) is 14.5 Å². The van der Waals surface area contributed by atoms with Crippen molar-refractivity contribution in [3.8, 4) is 5.75 Å². The van der Waals surface area contributed by atoms with Gasteiger partial charge in [0, 0.05) is 16.9 Å². The van der Waals surface area contributed by atoms with E-state index in [0.717, 1.165) is 72.7 Å². The molecule has 2 aromatic rings. The van der Waals surface area contributed by atoms with Crippen molar-refractivity contribution in [2.75, 3.05) is 13.2 Å². The van der Waals surface area contributed by atoms with Crippen molar-refractivity contribution in [3.63, 3.8) is 0 Å². The number of thiazole rings is 1. The smallest absolute Gasteiger partial charge is 0.333 e. The summed E-state index contributed by atoms with van der Waals surface area (Å²) in [6.07, 6.45) is 11.9. The maximum absolute atomic E-state index is 13.2. The number of rotatable bonds is 13. The molecule has 7 heteroatoms. The zero-order valence-electron chi connectivity index (χ0n) is 23.3. The first-order valence-corrected chi connectivity index (χ1v) is 14.8. The zero-order valence-corrected chi connectivity index (χ0v) is 24.1. The summed E-state index contributed by atoms with van der Waals surface area (Å²) in [7, 11) is 0. The van der Waals surface area contributed by atoms with Gasteiger partial charge in [0.1, 0.15) is 10.8 Å². The van der Waals surface area contributed by atoms with Crippen LogP contribution in [-0.2, 0) is 20.7 Å². The molecule has 1 amide bonds. The van der Waals surface area contributed by atoms with Gasteiger partial charge in [-0.1, -0.05) is 44.7 Å². The number of allylic oxidation sites excluding steroid dienone is 2. The number of esters is 1. The molecule has 1 saturated carbocycles. The van der Waals surface area contributed by atoms with Crippen molar-refractivity contribution in [2.45, 2.75) is 85.1 Å². The predicted molar refractivity (Wildman–Crippen MR) is 154 cm³/mol. The largest absolute Gasteiger partial charge is 0.494 e. The molecule has 0 radical (unpaired) electrons. The Hall–Kier alpha value is -2.93. The summed E-state index contributed by atoms with van der Waals surface area (Å²) in [6.45, 7) is 8.71. The van der Waals surface area contributed by atoms with Gasteiger partial charge in [0.05, 0.1) is 24.9 Å². The molecule has 6 nitrogen and oxygen atoms in total. The second kappa shape index (κ2) is 15.5. The fraction of sp³-hybridized carbons (Fsp3) is 0.516. The molecule has 0 bridgehead atoms. The molecule has 1 aromatic heterocycles. The lowest BCUT2D eigenvalue weighted by atomic mass is 9.88. The highest BCUT2D eigenvalue weighted by Gasteiger charge is 2.25. The number of nitrogens with one attached hydrogen (secondary N) is 1. The van der Waals surface area contributed by atoms with Crippen molar-refractivity contribution in [1.82, 2.24) is 10.3 Å². The number of amides is 1. The summed E-state index contributed by atoms with van der Waals surface area (Å²) < 4.78 is 10.9. The Morgan fingerprint density at radius 1 is 1.13 bits per heavy atom. The van der Waals surface area contributed by atoms with Crippen LogP contribution in [0.1, 0.15) is 94.9 Å². The van der Waals surface area contributed by atoms with Gasteiger partial charge >= 0.3 is 5.97 Å². The normalized spacial score (nSPS) is 15.7. The number of carbonyl (C=O) groups excluding carboxylic acids is 2. The molecule has 1 fully saturated rings. The minimum absolute atomic E-state index is 0.0816. The Morgan fingerprint density at radius 3 is 2.55 bits per heavy atom. The van der Waals surface area contributed by atoms with Crippen LogP contribution in [0, 0.1) is 5.92 Å². The summed E-state index contributed by atoms with van der Waals surface area (Å²) in [4.78, 5) is 30.0. The third kappa shape index (κ3) is 9.43. The van der Waals surface area contributed by atoms with Crippen LogP contribution < -0.4 is 10.1 Å². The van der Waals surface area contributed by atoms with Gasteiger partial charge < -0.3 is 14.8 Å². The average Bonchev–Trinajstić information content (AvgIpc) is 3.38. The lowest BCUT2D eigenvalue weighted by Crippen LogP contribution is -2.35. The average molecular weight is 539 g/mol. The predicted octanol–water partition coefficient (Wildman–Crippen LogP) is 7.22. The first-order valence-electron chi connectivity index (χ1n) is 13.9. The lowest BCUT2D eigenvalue weighted by molar-refractivity contribution is -0.138. The summed E-state index contributed by atoms with van der Waals surface area (Å²) in [6, 6.07) is 7.94. The van der Waals surface area contributed by atoms with E-state index in [1.54, 1.807) is 25.2 Å². The van der Waals surface area contributed by atoms with Crippen molar-refractivity contribution in [2.24, 2.45) is 5.92 Å². The quantitative estimate of drug-likeness (QED) is 0.126. The molecule has 1 N–H and O–H groups in total. The Balaban J connectivity index is 1.76. The number of nitrogens with zero attached hydrogens (tertiary/aromatic N) is 1. The van der Waals surface area contributed by atoms with E-state index in [1.165, 1.54) is 6.42 Å². The fourth-order valence-electron chi connectivity index (χ4n) is 4.59. The van der Waals surface area contributed by atoms with E-state index in [-0.39, 0.29) is 23.8 Å². The first-order chi connectivity index (χ1) is 18.4. The number of ether oxygens (including phenoxy) is 2. The highest BCUT2D eigenvalue weighted by Crippen LogP contribution is 2.28. The minimum Gasteiger partial charge on any atom is -0.494 e. The molecule has 38 heavy (non-hydrogen) atoms. The molecule has 0 unspecified atom stereocenters. The SMILES string of the molecule is CCCCOc1ccc(C[C@H](NC(=O)C2CCCCC2)c2nc(/C=C(C)/C=C(/C)C(=O)OCC)cs2)cc1. The van der Waals surface area contributed by atoms with E-state index in [1.807, 2.05) is 36.6 Å². The second-order valence-electron chi connectivity index (χ2n) is 9.99. The van der Waals surface area contributed by atoms with Crippen LogP contribution >= 0.6 is 11.3 Å². The number of carbonyl (C=O) groups is 2. The monoisotopic (exact) mass is 538 g/mol. The third-order valence-electron chi connectivity index (χ3n) is 6.68. The fourth-order valence-corrected chi connectivity index (χ4v) is 5.42. The number of aromatic nitrogens is 1. The summed E-state index contributed by atoms with van der Waals surface area (Å²) in [5.41, 5.74) is 3.40. The minimum atomic E-state index is -0.313. The molecule has 1 aromatic carbocycles. The van der Waals surface area contributed by atoms with Crippen LogP contribution in [0.2, 0.25) is 0 Å². The molecular formula is C31H42N2O4S. The maximum atomic E-state index is 13.2. The number of hydrogen-bond donors (Lipinski definition) is 1. The summed E-state index contributed by atoms with van der Waals surface area (Å²) >= 11 is 1.55. The van der Waals surface area contributed by atoms with E-state index < -0.39 is 0 Å². The lowest BCUT2D eigenvalue weighted by Gasteiger charge is -2.24. The molecular weight excluding hydrogens is 496 g/mol. The van der Waals surface area contributed by atoms with Crippen molar-refractivity contribution in [1.29, 1.82) is 0 Å². The summed E-state index contributed by atoms with van der Waals surface area (Å²) in [5, 5.41) is 6.19. The van der Waals surface area contributed by atoms with Crippen LogP contribution in [0.4, 0.5) is 0 Å². The van der Waals surface area contributed by atoms with Crippen LogP contribution in [0.5, 0.6) is 5.75 Å². The van der Waals surface area contributed by atoms with E-state index in [0.29, 0.717) is 18.6 Å². The molecule has 0 saturated heterocycles. The van der Waals surface area contributed by atoms with E-state index >= 15 is 0 Å². The second-order valence-corrected chi connectivity index (χ2v) is 10.9. The molecule has 1 aliphatic rings. The third-order valence-corrected chi connectivity index (χ3v) is 7.65. The van der Waals surface area contributed by atoms with Crippen LogP contribution in [0.3, 0.4) is 0 Å². The number of unbranched alkanes of at least 4 members (excludes halogenated alkanes) is 1. The highest BCUT2D eigenvalue weighted by molar-refractivity contribution is 7.09. The van der Waals surface area contributed by atoms with Crippen molar-refractivity contribution >= 4 is 29.3 Å². The van der Waals surface area contributed by atoms with Crippen LogP contribution in [0.15, 0.2) is 46.9 Å². The van der Waals surface area contributed by atoms with Gasteiger partial charge in [-0.15, -0.1) is 11.3 Å². The number of hydrogen-bond acceptors (Lipinski definition) is 6. The molecule has 3 rings (SSSR count). The van der Waals surface area contributed by atoms with Gasteiger partial charge in [-0.05, 0) is 81.9 Å². The van der Waals surface area contributed by atoms with E-state index in [2.05, 4.69) is 24.4 Å². The Kier molecular flexibility index (Phi) is 12.1. The molecule has 1 atom stereocenters. The topological polar surface area (TPSA) is 77.5 Å². The molecule has 206 valence electrons. The number of benzene rings is 1. The van der Waals surface area contributed by atoms with Gasteiger partial charge in [-0.2, -0.15) is 0 Å². The van der Waals surface area contributed by atoms with Gasteiger partial charge in [0.2, 0.25) is 5.91 Å². The van der Waals surface area contributed by atoms with Gasteiger partial charge in [0.25, 0.3) is 0 Å². The van der Waals surface area contributed by atoms with Gasteiger partial charge in [0.15, 0.2) is 0 Å². The van der Waals surface area contributed by atoms with Crippen LogP contribution in [0.25, 0.3) is 6.08 Å². The Bertz CT molecular complexity index is 1100. The first kappa shape index (κ1) is 29.6. The molecule has 0 aliphatic heterocycles. The van der Waals surface area contributed by atoms with Crippen molar-refractivity contribution in [3.05, 3.63) is 63.1 Å². The zero-order chi connectivity index (χ0) is 27.3. The standard InChI is InChI=1S/C31H42N2O4S/c1-5-7-17-37-27-15-13-24(14-16-27)20-28(33-29(34)25-11-9-8-10-12-25)30-32-26(21-38-30)19-22(3)18-23(4)31(35)36-6-2/h13-16,18-19,21,25,28H,5-12,17,20H2,1-4H3,(H,33,34)/b22-19+,23-18-/t28-/m0/s1. The highest BCUT2D eigenvalue weighted by atomic mass is 32.1. The Morgan fingerprint density at radius 2 is 1.87 bits per heavy atom. The van der Waals surface area contributed by atoms with Crippen LogP contribution in [-0.4, -0.2) is 30.1 Å². The summed E-state index contributed by atoms with van der Waals surface area (Å²) in [5.74, 6) is 0.767.